The lowest BCUT2D eigenvalue weighted by Crippen LogP contribution is -2.25. The standard InChI is InChI=1S/C6H13NO2/c1-3-7(5-6-8)9-4-2/h6H,3-5H2,1-2H3. The molecule has 3 nitrogen and oxygen atoms in total. The van der Waals surface area contributed by atoms with Crippen molar-refractivity contribution in [1.29, 1.82) is 0 Å². The highest BCUT2D eigenvalue weighted by Gasteiger charge is 1.96. The molecule has 54 valence electrons. The summed E-state index contributed by atoms with van der Waals surface area (Å²) in [5.41, 5.74) is 0. The molecule has 0 aliphatic rings. The molecular formula is C6H13NO2. The third kappa shape index (κ3) is 4.12. The number of carbonyl (C=O) groups excluding carboxylic acids is 1. The van der Waals surface area contributed by atoms with Gasteiger partial charge in [-0.05, 0) is 6.92 Å². The zero-order valence-corrected chi connectivity index (χ0v) is 5.96. The molecule has 0 amide bonds. The van der Waals surface area contributed by atoms with Gasteiger partial charge in [-0.1, -0.05) is 6.92 Å². The molecule has 0 bridgehead atoms. The van der Waals surface area contributed by atoms with Gasteiger partial charge < -0.3 is 4.79 Å². The van der Waals surface area contributed by atoms with Crippen molar-refractivity contribution in [2.45, 2.75) is 13.8 Å². The summed E-state index contributed by atoms with van der Waals surface area (Å²) < 4.78 is 0. The van der Waals surface area contributed by atoms with E-state index in [9.17, 15) is 4.79 Å². The molecule has 9 heavy (non-hydrogen) atoms. The molecule has 0 unspecified atom stereocenters. The molecule has 0 aliphatic heterocycles. The molecule has 0 aromatic heterocycles. The van der Waals surface area contributed by atoms with Crippen molar-refractivity contribution >= 4 is 6.29 Å². The average Bonchev–Trinajstić information content (AvgIpc) is 1.88. The van der Waals surface area contributed by atoms with Gasteiger partial charge >= 0.3 is 0 Å². The molecule has 0 saturated carbocycles. The second-order valence-electron chi connectivity index (χ2n) is 1.57. The van der Waals surface area contributed by atoms with Crippen LogP contribution in [-0.4, -0.2) is 31.0 Å². The number of hydrogen-bond acceptors (Lipinski definition) is 3. The Labute approximate surface area is 55.6 Å². The van der Waals surface area contributed by atoms with Crippen LogP contribution < -0.4 is 0 Å². The number of hydrogen-bond donors (Lipinski definition) is 0. The van der Waals surface area contributed by atoms with E-state index < -0.39 is 0 Å². The van der Waals surface area contributed by atoms with E-state index in [0.717, 1.165) is 12.8 Å². The van der Waals surface area contributed by atoms with Crippen LogP contribution in [0.1, 0.15) is 13.8 Å². The van der Waals surface area contributed by atoms with E-state index in [1.807, 2.05) is 13.8 Å². The highest BCUT2D eigenvalue weighted by atomic mass is 16.7. The van der Waals surface area contributed by atoms with E-state index >= 15 is 0 Å². The quantitative estimate of drug-likeness (QED) is 0.401. The summed E-state index contributed by atoms with van der Waals surface area (Å²) in [4.78, 5) is 15.0. The van der Waals surface area contributed by atoms with E-state index in [-0.39, 0.29) is 0 Å². The summed E-state index contributed by atoms with van der Waals surface area (Å²) in [6.07, 6.45) is 0.832. The average molecular weight is 131 g/mol. The van der Waals surface area contributed by atoms with E-state index in [1.54, 1.807) is 5.06 Å². The normalized spacial score (nSPS) is 10.1. The maximum absolute atomic E-state index is 9.93. The maximum Gasteiger partial charge on any atom is 0.136 e. The molecule has 0 aromatic rings. The van der Waals surface area contributed by atoms with Crippen molar-refractivity contribution in [3.63, 3.8) is 0 Å². The summed E-state index contributed by atoms with van der Waals surface area (Å²) in [5.74, 6) is 0. The minimum Gasteiger partial charge on any atom is -0.302 e. The van der Waals surface area contributed by atoms with Crippen LogP contribution in [0.4, 0.5) is 0 Å². The van der Waals surface area contributed by atoms with Crippen LogP contribution in [0.2, 0.25) is 0 Å². The lowest BCUT2D eigenvalue weighted by atomic mass is 10.6. The molecule has 0 rings (SSSR count). The predicted molar refractivity (Wildman–Crippen MR) is 34.9 cm³/mol. The third-order valence-electron chi connectivity index (χ3n) is 0.943. The second-order valence-corrected chi connectivity index (χ2v) is 1.57. The van der Waals surface area contributed by atoms with Gasteiger partial charge in [0.15, 0.2) is 0 Å². The highest BCUT2D eigenvalue weighted by Crippen LogP contribution is 1.85. The molecule has 0 aromatic carbocycles. The minimum atomic E-state index is 0.365. The van der Waals surface area contributed by atoms with Gasteiger partial charge in [0.1, 0.15) is 6.29 Å². The second kappa shape index (κ2) is 5.72. The van der Waals surface area contributed by atoms with E-state index in [0.29, 0.717) is 13.2 Å². The third-order valence-corrected chi connectivity index (χ3v) is 0.943. The minimum absolute atomic E-state index is 0.365. The first kappa shape index (κ1) is 8.59. The summed E-state index contributed by atoms with van der Waals surface area (Å²) >= 11 is 0. The van der Waals surface area contributed by atoms with Gasteiger partial charge in [0.05, 0.1) is 13.2 Å². The fourth-order valence-electron chi connectivity index (χ4n) is 0.539. The highest BCUT2D eigenvalue weighted by molar-refractivity contribution is 5.51. The van der Waals surface area contributed by atoms with Crippen molar-refractivity contribution in [2.24, 2.45) is 0 Å². The Balaban J connectivity index is 3.28. The Hall–Kier alpha value is -0.410. The molecule has 0 atom stereocenters. The number of carbonyl (C=O) groups is 1. The van der Waals surface area contributed by atoms with E-state index in [4.69, 9.17) is 4.84 Å². The number of rotatable bonds is 5. The van der Waals surface area contributed by atoms with Crippen molar-refractivity contribution in [2.75, 3.05) is 19.7 Å². The number of likely N-dealkylation sites (N-methyl/N-ethyl adjacent to an activating group) is 1. The molecule has 0 aliphatic carbocycles. The first-order chi connectivity index (χ1) is 4.35. The summed E-state index contributed by atoms with van der Waals surface area (Å²) in [5, 5.41) is 1.62. The Morgan fingerprint density at radius 3 is 2.56 bits per heavy atom. The Kier molecular flexibility index (Phi) is 5.46. The molecule has 0 spiro atoms. The van der Waals surface area contributed by atoms with Crippen molar-refractivity contribution in [3.8, 4) is 0 Å². The van der Waals surface area contributed by atoms with Gasteiger partial charge in [0.25, 0.3) is 0 Å². The van der Waals surface area contributed by atoms with Gasteiger partial charge in [-0.15, -0.1) is 0 Å². The fourth-order valence-corrected chi connectivity index (χ4v) is 0.539. The van der Waals surface area contributed by atoms with Crippen LogP contribution in [-0.2, 0) is 9.63 Å². The molecule has 0 saturated heterocycles. The van der Waals surface area contributed by atoms with Gasteiger partial charge in [0, 0.05) is 6.54 Å². The number of hydroxylamine groups is 2. The van der Waals surface area contributed by atoms with Gasteiger partial charge in [0.2, 0.25) is 0 Å². The molecule has 3 heteroatoms. The Morgan fingerprint density at radius 2 is 2.22 bits per heavy atom. The molecule has 0 fully saturated rings. The van der Waals surface area contributed by atoms with Crippen molar-refractivity contribution in [3.05, 3.63) is 0 Å². The Bertz CT molecular complexity index is 75.5. The summed E-state index contributed by atoms with van der Waals surface area (Å²) in [6, 6.07) is 0. The predicted octanol–water partition coefficient (Wildman–Crippen LogP) is 0.459. The fraction of sp³-hybridized carbons (Fsp3) is 0.833. The molecule has 0 heterocycles. The van der Waals surface area contributed by atoms with Crippen molar-refractivity contribution < 1.29 is 9.63 Å². The maximum atomic E-state index is 9.93. The van der Waals surface area contributed by atoms with Crippen LogP contribution >= 0.6 is 0 Å². The number of aldehydes is 1. The van der Waals surface area contributed by atoms with Crippen LogP contribution in [0.15, 0.2) is 0 Å². The van der Waals surface area contributed by atoms with Crippen molar-refractivity contribution in [1.82, 2.24) is 5.06 Å². The van der Waals surface area contributed by atoms with E-state index in [2.05, 4.69) is 0 Å². The summed E-state index contributed by atoms with van der Waals surface area (Å²) in [6.45, 7) is 5.59. The smallest absolute Gasteiger partial charge is 0.136 e. The van der Waals surface area contributed by atoms with Gasteiger partial charge in [-0.25, -0.2) is 0 Å². The first-order valence-electron chi connectivity index (χ1n) is 3.16. The first-order valence-corrected chi connectivity index (χ1v) is 3.16. The Morgan fingerprint density at radius 1 is 1.56 bits per heavy atom. The lowest BCUT2D eigenvalue weighted by Gasteiger charge is -2.14. The van der Waals surface area contributed by atoms with E-state index in [1.165, 1.54) is 0 Å². The largest absolute Gasteiger partial charge is 0.302 e. The SMILES string of the molecule is CCON(CC)CC=O. The molecule has 0 radical (unpaired) electrons. The molecular weight excluding hydrogens is 118 g/mol. The zero-order chi connectivity index (χ0) is 7.11. The van der Waals surface area contributed by atoms with Gasteiger partial charge in [-0.3, -0.25) is 4.84 Å². The topological polar surface area (TPSA) is 29.5 Å². The van der Waals surface area contributed by atoms with Crippen LogP contribution in [0.25, 0.3) is 0 Å². The summed E-state index contributed by atoms with van der Waals surface area (Å²) in [7, 11) is 0. The van der Waals surface area contributed by atoms with Crippen LogP contribution in [0, 0.1) is 0 Å². The number of nitrogens with zero attached hydrogens (tertiary/aromatic N) is 1. The van der Waals surface area contributed by atoms with Crippen LogP contribution in [0.3, 0.4) is 0 Å². The molecule has 0 N–H and O–H groups in total. The zero-order valence-electron chi connectivity index (χ0n) is 5.96. The van der Waals surface area contributed by atoms with Gasteiger partial charge in [-0.2, -0.15) is 5.06 Å². The van der Waals surface area contributed by atoms with Crippen LogP contribution in [0.5, 0.6) is 0 Å². The lowest BCUT2D eigenvalue weighted by molar-refractivity contribution is -0.155. The monoisotopic (exact) mass is 131 g/mol.